The Kier molecular flexibility index (Phi) is 6.83. The molecule has 0 amide bonds. The van der Waals surface area contributed by atoms with E-state index in [1.54, 1.807) is 0 Å². The Balaban J connectivity index is 1.47. The second kappa shape index (κ2) is 9.10. The molecule has 0 bridgehead atoms. The lowest BCUT2D eigenvalue weighted by molar-refractivity contribution is 0.157. The van der Waals surface area contributed by atoms with Gasteiger partial charge in [0.05, 0.1) is 0 Å². The fourth-order valence-electron chi connectivity index (χ4n) is 5.18. The Bertz CT molecular complexity index is 583. The first-order valence-corrected chi connectivity index (χ1v) is 10.3. The van der Waals surface area contributed by atoms with Gasteiger partial charge in [0.25, 0.3) is 0 Å². The topological polar surface area (TPSA) is 0 Å². The number of hydrogen-bond acceptors (Lipinski definition) is 0. The van der Waals surface area contributed by atoms with Crippen molar-refractivity contribution in [2.75, 3.05) is 0 Å². The maximum Gasteiger partial charge on any atom is 0.194 e. The maximum absolute atomic E-state index is 13.5. The van der Waals surface area contributed by atoms with E-state index < -0.39 is 17.5 Å². The Morgan fingerprint density at radius 3 is 1.92 bits per heavy atom. The fraction of sp³-hybridized carbons (Fsp3) is 0.652. The van der Waals surface area contributed by atoms with Crippen molar-refractivity contribution in [3.05, 3.63) is 47.3 Å². The zero-order valence-corrected chi connectivity index (χ0v) is 15.8. The van der Waals surface area contributed by atoms with Crippen LogP contribution in [0, 0.1) is 35.2 Å². The van der Waals surface area contributed by atoms with Crippen LogP contribution in [-0.2, 0) is 0 Å². The van der Waals surface area contributed by atoms with Crippen LogP contribution in [-0.4, -0.2) is 0 Å². The monoisotopic (exact) mass is 364 g/mol. The van der Waals surface area contributed by atoms with Crippen LogP contribution in [0.5, 0.6) is 0 Å². The van der Waals surface area contributed by atoms with Gasteiger partial charge in [-0.05, 0) is 99.7 Å². The van der Waals surface area contributed by atoms with E-state index in [9.17, 15) is 13.2 Å². The molecule has 0 saturated heterocycles. The number of halogens is 3. The molecule has 1 aromatic carbocycles. The van der Waals surface area contributed by atoms with Crippen LogP contribution < -0.4 is 0 Å². The molecule has 0 aromatic heterocycles. The van der Waals surface area contributed by atoms with Crippen LogP contribution in [0.1, 0.15) is 82.6 Å². The summed E-state index contributed by atoms with van der Waals surface area (Å²) in [7, 11) is 0. The van der Waals surface area contributed by atoms with E-state index in [1.165, 1.54) is 50.7 Å². The molecule has 0 heterocycles. The SMILES string of the molecule is C/C=C/CC[C@H]1CC[C@H]([C@H]2CC[C@H](c3cc(F)c(F)c(F)c3)CC2)CC1. The lowest BCUT2D eigenvalue weighted by atomic mass is 9.68. The van der Waals surface area contributed by atoms with Crippen molar-refractivity contribution in [2.45, 2.75) is 77.0 Å². The molecular formula is C23H31F3. The van der Waals surface area contributed by atoms with Crippen molar-refractivity contribution in [1.29, 1.82) is 0 Å². The summed E-state index contributed by atoms with van der Waals surface area (Å²) in [6.07, 6.45) is 16.6. The first-order chi connectivity index (χ1) is 12.6. The van der Waals surface area contributed by atoms with Crippen molar-refractivity contribution < 1.29 is 13.2 Å². The molecule has 0 radical (unpaired) electrons. The second-order valence-corrected chi connectivity index (χ2v) is 8.34. The molecule has 0 spiro atoms. The average molecular weight is 364 g/mol. The van der Waals surface area contributed by atoms with Crippen LogP contribution in [0.15, 0.2) is 24.3 Å². The molecule has 1 aromatic rings. The number of rotatable bonds is 5. The van der Waals surface area contributed by atoms with Crippen LogP contribution in [0.4, 0.5) is 13.2 Å². The molecule has 0 nitrogen and oxygen atoms in total. The Morgan fingerprint density at radius 1 is 0.846 bits per heavy atom. The lowest BCUT2D eigenvalue weighted by Gasteiger charge is -2.38. The molecule has 0 aliphatic heterocycles. The van der Waals surface area contributed by atoms with Gasteiger partial charge in [0.2, 0.25) is 0 Å². The molecule has 0 N–H and O–H groups in total. The highest BCUT2D eigenvalue weighted by molar-refractivity contribution is 5.23. The Labute approximate surface area is 155 Å². The van der Waals surface area contributed by atoms with E-state index in [1.807, 2.05) is 0 Å². The average Bonchev–Trinajstić information content (AvgIpc) is 2.67. The fourth-order valence-corrected chi connectivity index (χ4v) is 5.18. The maximum atomic E-state index is 13.5. The highest BCUT2D eigenvalue weighted by Crippen LogP contribution is 2.44. The summed E-state index contributed by atoms with van der Waals surface area (Å²) < 4.78 is 40.1. The quantitative estimate of drug-likeness (QED) is 0.374. The van der Waals surface area contributed by atoms with Gasteiger partial charge in [-0.2, -0.15) is 0 Å². The third-order valence-corrected chi connectivity index (χ3v) is 6.78. The van der Waals surface area contributed by atoms with E-state index >= 15 is 0 Å². The van der Waals surface area contributed by atoms with Crippen LogP contribution in [0.3, 0.4) is 0 Å². The van der Waals surface area contributed by atoms with Crippen molar-refractivity contribution >= 4 is 0 Å². The minimum Gasteiger partial charge on any atom is -0.204 e. The molecule has 0 unspecified atom stereocenters. The Hall–Kier alpha value is -1.25. The predicted octanol–water partition coefficient (Wildman–Crippen LogP) is 7.54. The molecule has 3 heteroatoms. The summed E-state index contributed by atoms with van der Waals surface area (Å²) in [6.45, 7) is 2.09. The van der Waals surface area contributed by atoms with E-state index in [0.29, 0.717) is 5.56 Å². The van der Waals surface area contributed by atoms with Crippen LogP contribution >= 0.6 is 0 Å². The molecule has 144 valence electrons. The van der Waals surface area contributed by atoms with E-state index in [0.717, 1.165) is 43.4 Å². The Morgan fingerprint density at radius 2 is 1.38 bits per heavy atom. The first-order valence-electron chi connectivity index (χ1n) is 10.3. The molecule has 2 saturated carbocycles. The third kappa shape index (κ3) is 4.72. The molecule has 2 aliphatic carbocycles. The molecule has 2 aliphatic rings. The van der Waals surface area contributed by atoms with Crippen LogP contribution in [0.25, 0.3) is 0 Å². The van der Waals surface area contributed by atoms with Gasteiger partial charge in [-0.25, -0.2) is 13.2 Å². The minimum absolute atomic E-state index is 0.174. The van der Waals surface area contributed by atoms with Gasteiger partial charge in [0.15, 0.2) is 17.5 Å². The smallest absolute Gasteiger partial charge is 0.194 e. The van der Waals surface area contributed by atoms with Crippen molar-refractivity contribution in [3.8, 4) is 0 Å². The highest BCUT2D eigenvalue weighted by Gasteiger charge is 2.31. The largest absolute Gasteiger partial charge is 0.204 e. The van der Waals surface area contributed by atoms with Crippen molar-refractivity contribution in [3.63, 3.8) is 0 Å². The minimum atomic E-state index is -1.35. The van der Waals surface area contributed by atoms with E-state index in [4.69, 9.17) is 0 Å². The number of hydrogen-bond donors (Lipinski definition) is 0. The lowest BCUT2D eigenvalue weighted by Crippen LogP contribution is -2.25. The van der Waals surface area contributed by atoms with Gasteiger partial charge in [-0.15, -0.1) is 0 Å². The normalized spacial score (nSPS) is 30.0. The third-order valence-electron chi connectivity index (χ3n) is 6.78. The summed E-state index contributed by atoms with van der Waals surface area (Å²) in [4.78, 5) is 0. The second-order valence-electron chi connectivity index (χ2n) is 8.34. The zero-order valence-electron chi connectivity index (χ0n) is 15.8. The summed E-state index contributed by atoms with van der Waals surface area (Å²) in [6, 6.07) is 2.39. The van der Waals surface area contributed by atoms with Crippen molar-refractivity contribution in [2.24, 2.45) is 17.8 Å². The van der Waals surface area contributed by atoms with Gasteiger partial charge >= 0.3 is 0 Å². The van der Waals surface area contributed by atoms with E-state index in [-0.39, 0.29) is 5.92 Å². The standard InChI is InChI=1S/C23H31F3/c1-2-3-4-5-16-6-8-17(9-7-16)18-10-12-19(13-11-18)20-14-21(24)23(26)22(25)15-20/h2-3,14-19H,4-13H2,1H3/b3-2+/t16-,17-,18-,19-. The van der Waals surface area contributed by atoms with Gasteiger partial charge in [0, 0.05) is 0 Å². The number of benzene rings is 1. The van der Waals surface area contributed by atoms with E-state index in [2.05, 4.69) is 19.1 Å². The van der Waals surface area contributed by atoms with Gasteiger partial charge in [0.1, 0.15) is 0 Å². The van der Waals surface area contributed by atoms with Crippen molar-refractivity contribution in [1.82, 2.24) is 0 Å². The van der Waals surface area contributed by atoms with Gasteiger partial charge in [-0.3, -0.25) is 0 Å². The van der Waals surface area contributed by atoms with Gasteiger partial charge < -0.3 is 0 Å². The summed E-state index contributed by atoms with van der Waals surface area (Å²) in [5.41, 5.74) is 0.632. The summed E-state index contributed by atoms with van der Waals surface area (Å²) >= 11 is 0. The molecule has 0 atom stereocenters. The molecule has 3 rings (SSSR count). The zero-order chi connectivity index (χ0) is 18.5. The summed E-state index contributed by atoms with van der Waals surface area (Å²) in [5, 5.41) is 0. The number of allylic oxidation sites excluding steroid dienone is 2. The van der Waals surface area contributed by atoms with Crippen LogP contribution in [0.2, 0.25) is 0 Å². The first kappa shape index (κ1) is 19.5. The molecule has 2 fully saturated rings. The highest BCUT2D eigenvalue weighted by atomic mass is 19.2. The van der Waals surface area contributed by atoms with Gasteiger partial charge in [-0.1, -0.05) is 25.0 Å². The predicted molar refractivity (Wildman–Crippen MR) is 101 cm³/mol. The summed E-state index contributed by atoms with van der Waals surface area (Å²) in [5.74, 6) is -0.809. The molecular weight excluding hydrogens is 333 g/mol. The molecule has 26 heavy (non-hydrogen) atoms.